The van der Waals surface area contributed by atoms with E-state index in [1.807, 2.05) is 32.0 Å². The summed E-state index contributed by atoms with van der Waals surface area (Å²) in [6.45, 7) is 3.96. The summed E-state index contributed by atoms with van der Waals surface area (Å²) in [5.41, 5.74) is 3.27. The predicted molar refractivity (Wildman–Crippen MR) is 75.6 cm³/mol. The van der Waals surface area contributed by atoms with Gasteiger partial charge >= 0.3 is 0 Å². The van der Waals surface area contributed by atoms with E-state index in [9.17, 15) is 9.59 Å². The maximum Gasteiger partial charge on any atom is 0.257 e. The number of anilines is 1. The Bertz CT molecular complexity index is 667. The van der Waals surface area contributed by atoms with Crippen molar-refractivity contribution in [1.82, 2.24) is 4.57 Å². The van der Waals surface area contributed by atoms with Gasteiger partial charge in [0.15, 0.2) is 0 Å². The van der Waals surface area contributed by atoms with Crippen LogP contribution in [-0.2, 0) is 7.05 Å². The van der Waals surface area contributed by atoms with Gasteiger partial charge in [0.25, 0.3) is 5.91 Å². The van der Waals surface area contributed by atoms with Crippen LogP contribution in [0.15, 0.2) is 41.3 Å². The second-order valence-corrected chi connectivity index (χ2v) is 4.70. The summed E-state index contributed by atoms with van der Waals surface area (Å²) < 4.78 is 1.39. The zero-order valence-corrected chi connectivity index (χ0v) is 11.2. The first-order chi connectivity index (χ1) is 8.95. The van der Waals surface area contributed by atoms with E-state index < -0.39 is 0 Å². The highest BCUT2D eigenvalue weighted by Crippen LogP contribution is 2.14. The molecule has 19 heavy (non-hydrogen) atoms. The first-order valence-corrected chi connectivity index (χ1v) is 6.02. The molecule has 0 saturated carbocycles. The number of amides is 1. The molecule has 0 aliphatic carbocycles. The molecular formula is C15H16N2O2. The summed E-state index contributed by atoms with van der Waals surface area (Å²) in [5.74, 6) is -0.222. The minimum absolute atomic E-state index is 0.136. The molecule has 2 rings (SSSR count). The zero-order chi connectivity index (χ0) is 14.0. The summed E-state index contributed by atoms with van der Waals surface area (Å²) in [4.78, 5) is 23.3. The molecule has 0 saturated heterocycles. The van der Waals surface area contributed by atoms with Crippen molar-refractivity contribution in [1.29, 1.82) is 0 Å². The Balaban J connectivity index is 2.25. The molecule has 0 bridgehead atoms. The summed E-state index contributed by atoms with van der Waals surface area (Å²) >= 11 is 0. The molecule has 0 fully saturated rings. The number of aryl methyl sites for hydroxylation is 3. The third-order valence-electron chi connectivity index (χ3n) is 2.83. The highest BCUT2D eigenvalue weighted by atomic mass is 16.2. The van der Waals surface area contributed by atoms with Crippen molar-refractivity contribution >= 4 is 11.6 Å². The van der Waals surface area contributed by atoms with E-state index in [0.717, 1.165) is 16.8 Å². The van der Waals surface area contributed by atoms with Gasteiger partial charge < -0.3 is 9.88 Å². The maximum atomic E-state index is 12.1. The van der Waals surface area contributed by atoms with Gasteiger partial charge in [-0.05, 0) is 43.2 Å². The lowest BCUT2D eigenvalue weighted by Gasteiger charge is -2.08. The number of benzene rings is 1. The van der Waals surface area contributed by atoms with E-state index in [1.54, 1.807) is 7.05 Å². The van der Waals surface area contributed by atoms with Crippen LogP contribution in [0.25, 0.3) is 0 Å². The Morgan fingerprint density at radius 2 is 1.74 bits per heavy atom. The molecule has 1 aromatic heterocycles. The number of rotatable bonds is 2. The van der Waals surface area contributed by atoms with E-state index in [4.69, 9.17) is 0 Å². The molecule has 0 unspecified atom stereocenters. The fraction of sp³-hybridized carbons (Fsp3) is 0.200. The van der Waals surface area contributed by atoms with Gasteiger partial charge in [-0.3, -0.25) is 9.59 Å². The molecule has 1 N–H and O–H groups in total. The summed E-state index contributed by atoms with van der Waals surface area (Å²) in [6, 6.07) is 8.78. The van der Waals surface area contributed by atoms with Crippen LogP contribution >= 0.6 is 0 Å². The molecule has 0 aliphatic heterocycles. The van der Waals surface area contributed by atoms with Crippen LogP contribution in [-0.4, -0.2) is 10.5 Å². The highest BCUT2D eigenvalue weighted by Gasteiger charge is 2.07. The van der Waals surface area contributed by atoms with Crippen molar-refractivity contribution in [2.45, 2.75) is 13.8 Å². The lowest BCUT2D eigenvalue weighted by atomic mass is 10.1. The van der Waals surface area contributed by atoms with E-state index in [1.165, 1.54) is 22.9 Å². The molecule has 4 nitrogen and oxygen atoms in total. The molecule has 4 heteroatoms. The SMILES string of the molecule is Cc1cc(C)cc(NC(=O)c2ccc(=O)n(C)c2)c1. The topological polar surface area (TPSA) is 51.1 Å². The van der Waals surface area contributed by atoms with Gasteiger partial charge in [0, 0.05) is 25.0 Å². The first-order valence-electron chi connectivity index (χ1n) is 6.02. The van der Waals surface area contributed by atoms with Gasteiger partial charge in [0.1, 0.15) is 0 Å². The average molecular weight is 256 g/mol. The number of carbonyl (C=O) groups is 1. The normalized spacial score (nSPS) is 10.3. The standard InChI is InChI=1S/C15H16N2O2/c1-10-6-11(2)8-13(7-10)16-15(19)12-4-5-14(18)17(3)9-12/h4-9H,1-3H3,(H,16,19). The monoisotopic (exact) mass is 256 g/mol. The Kier molecular flexibility index (Phi) is 3.51. The third kappa shape index (κ3) is 3.10. The smallest absolute Gasteiger partial charge is 0.257 e. The Hall–Kier alpha value is -2.36. The van der Waals surface area contributed by atoms with E-state index >= 15 is 0 Å². The zero-order valence-electron chi connectivity index (χ0n) is 11.2. The minimum Gasteiger partial charge on any atom is -0.322 e. The molecule has 1 amide bonds. The second-order valence-electron chi connectivity index (χ2n) is 4.70. The van der Waals surface area contributed by atoms with Crippen LogP contribution in [0.5, 0.6) is 0 Å². The molecule has 0 spiro atoms. The van der Waals surface area contributed by atoms with Crippen molar-refractivity contribution in [3.8, 4) is 0 Å². The summed E-state index contributed by atoms with van der Waals surface area (Å²) in [7, 11) is 1.62. The van der Waals surface area contributed by atoms with E-state index in [2.05, 4.69) is 5.32 Å². The third-order valence-corrected chi connectivity index (χ3v) is 2.83. The van der Waals surface area contributed by atoms with Crippen LogP contribution < -0.4 is 10.9 Å². The van der Waals surface area contributed by atoms with Gasteiger partial charge in [-0.15, -0.1) is 0 Å². The molecule has 0 aliphatic rings. The molecule has 0 radical (unpaired) electrons. The first kappa shape index (κ1) is 13.1. The Labute approximate surface area is 111 Å². The lowest BCUT2D eigenvalue weighted by Crippen LogP contribution is -2.19. The molecule has 1 aromatic carbocycles. The predicted octanol–water partition coefficient (Wildman–Crippen LogP) is 2.25. The summed E-state index contributed by atoms with van der Waals surface area (Å²) in [6.07, 6.45) is 1.53. The fourth-order valence-corrected chi connectivity index (χ4v) is 1.98. The van der Waals surface area contributed by atoms with Crippen LogP contribution in [0.3, 0.4) is 0 Å². The number of hydrogen-bond acceptors (Lipinski definition) is 2. The van der Waals surface area contributed by atoms with Crippen molar-refractivity contribution in [3.63, 3.8) is 0 Å². The van der Waals surface area contributed by atoms with Gasteiger partial charge in [-0.25, -0.2) is 0 Å². The lowest BCUT2D eigenvalue weighted by molar-refractivity contribution is 0.102. The highest BCUT2D eigenvalue weighted by molar-refractivity contribution is 6.04. The van der Waals surface area contributed by atoms with Crippen molar-refractivity contribution < 1.29 is 4.79 Å². The largest absolute Gasteiger partial charge is 0.322 e. The van der Waals surface area contributed by atoms with Crippen LogP contribution in [0.2, 0.25) is 0 Å². The molecular weight excluding hydrogens is 240 g/mol. The molecule has 2 aromatic rings. The molecule has 1 heterocycles. The quantitative estimate of drug-likeness (QED) is 0.896. The Morgan fingerprint density at radius 1 is 1.11 bits per heavy atom. The van der Waals surface area contributed by atoms with Gasteiger partial charge in [-0.1, -0.05) is 6.07 Å². The number of nitrogens with zero attached hydrogens (tertiary/aromatic N) is 1. The van der Waals surface area contributed by atoms with Gasteiger partial charge in [0.2, 0.25) is 5.56 Å². The van der Waals surface area contributed by atoms with E-state index in [0.29, 0.717) is 5.56 Å². The maximum absolute atomic E-state index is 12.1. The number of pyridine rings is 1. The second kappa shape index (κ2) is 5.10. The minimum atomic E-state index is -0.222. The van der Waals surface area contributed by atoms with Crippen molar-refractivity contribution in [2.75, 3.05) is 5.32 Å². The molecule has 98 valence electrons. The van der Waals surface area contributed by atoms with Crippen LogP contribution in [0, 0.1) is 13.8 Å². The molecule has 0 atom stereocenters. The Morgan fingerprint density at radius 3 is 2.32 bits per heavy atom. The van der Waals surface area contributed by atoms with Crippen molar-refractivity contribution in [3.05, 3.63) is 63.6 Å². The average Bonchev–Trinajstić information content (AvgIpc) is 2.31. The van der Waals surface area contributed by atoms with Crippen LogP contribution in [0.1, 0.15) is 21.5 Å². The van der Waals surface area contributed by atoms with E-state index in [-0.39, 0.29) is 11.5 Å². The number of carbonyl (C=O) groups excluding carboxylic acids is 1. The summed E-state index contributed by atoms with van der Waals surface area (Å²) in [5, 5.41) is 2.83. The number of hydrogen-bond donors (Lipinski definition) is 1. The van der Waals surface area contributed by atoms with Crippen molar-refractivity contribution in [2.24, 2.45) is 7.05 Å². The fourth-order valence-electron chi connectivity index (χ4n) is 1.98. The number of aromatic nitrogens is 1. The van der Waals surface area contributed by atoms with Gasteiger partial charge in [0.05, 0.1) is 5.56 Å². The van der Waals surface area contributed by atoms with Gasteiger partial charge in [-0.2, -0.15) is 0 Å². The number of nitrogens with one attached hydrogen (secondary N) is 1. The van der Waals surface area contributed by atoms with Crippen LogP contribution in [0.4, 0.5) is 5.69 Å².